The molecule has 2 aromatic carbocycles. The number of hydrogen-bond acceptors (Lipinski definition) is 6. The molecule has 0 N–H and O–H groups in total. The molecule has 0 saturated carbocycles. The molecule has 0 aromatic heterocycles. The zero-order valence-electron chi connectivity index (χ0n) is 22.0. The van der Waals surface area contributed by atoms with Crippen LogP contribution in [-0.4, -0.2) is 88.7 Å². The van der Waals surface area contributed by atoms with Gasteiger partial charge in [-0.25, -0.2) is 0 Å². The second-order valence-corrected chi connectivity index (χ2v) is 9.90. The minimum absolute atomic E-state index is 0.715. The van der Waals surface area contributed by atoms with E-state index in [2.05, 4.69) is 61.8 Å². The van der Waals surface area contributed by atoms with E-state index in [0.29, 0.717) is 13.2 Å². The van der Waals surface area contributed by atoms with Gasteiger partial charge in [0, 0.05) is 39.3 Å². The largest absolute Gasteiger partial charge is 0.492 e. The van der Waals surface area contributed by atoms with Crippen LogP contribution in [0.3, 0.4) is 0 Å². The molecule has 0 unspecified atom stereocenters. The van der Waals surface area contributed by atoms with Gasteiger partial charge in [-0.2, -0.15) is 0 Å². The molecule has 2 aliphatic rings. The van der Waals surface area contributed by atoms with Crippen LogP contribution in [0.25, 0.3) is 0 Å². The third kappa shape index (κ3) is 7.43. The molecular formula is C29H42N2O4. The van der Waals surface area contributed by atoms with Crippen molar-refractivity contribution in [3.8, 4) is 11.5 Å². The minimum Gasteiger partial charge on any atom is -0.492 e. The summed E-state index contributed by atoms with van der Waals surface area (Å²) in [4.78, 5) is 4.81. The maximum Gasteiger partial charge on any atom is 0.125 e. The van der Waals surface area contributed by atoms with Crippen LogP contribution in [0.2, 0.25) is 0 Å². The minimum atomic E-state index is 0.715. The maximum absolute atomic E-state index is 6.20. The number of hydrogen-bond donors (Lipinski definition) is 0. The maximum atomic E-state index is 6.20. The lowest BCUT2D eigenvalue weighted by atomic mass is 9.97. The van der Waals surface area contributed by atoms with Gasteiger partial charge in [-0.15, -0.1) is 0 Å². The van der Waals surface area contributed by atoms with Gasteiger partial charge >= 0.3 is 0 Å². The highest BCUT2D eigenvalue weighted by Crippen LogP contribution is 2.29. The molecule has 0 bridgehead atoms. The van der Waals surface area contributed by atoms with Crippen LogP contribution in [0, 0.1) is 27.7 Å². The molecule has 35 heavy (non-hydrogen) atoms. The molecule has 0 spiro atoms. The Kier molecular flexibility index (Phi) is 9.44. The standard InChI is InChI=1S/C29H42N2O4/c1-22-17-26(18-23(2)28(22)34-15-9-30-5-11-32-12-6-30)21-27-19-24(3)29(25(4)20-27)35-16-10-31-7-13-33-14-8-31/h17-20H,5-16,21H2,1-4H3. The van der Waals surface area contributed by atoms with E-state index in [-0.39, 0.29) is 0 Å². The van der Waals surface area contributed by atoms with Gasteiger partial charge < -0.3 is 18.9 Å². The Balaban J connectivity index is 1.32. The first-order chi connectivity index (χ1) is 17.0. The lowest BCUT2D eigenvalue weighted by Gasteiger charge is -2.26. The van der Waals surface area contributed by atoms with Crippen LogP contribution < -0.4 is 9.47 Å². The molecule has 2 heterocycles. The fraction of sp³-hybridized carbons (Fsp3) is 0.586. The number of ether oxygens (including phenoxy) is 4. The second kappa shape index (κ2) is 12.7. The Hall–Kier alpha value is -2.12. The molecule has 192 valence electrons. The van der Waals surface area contributed by atoms with Crippen molar-refractivity contribution >= 4 is 0 Å². The van der Waals surface area contributed by atoms with Crippen molar-refractivity contribution in [3.05, 3.63) is 57.6 Å². The number of nitrogens with zero attached hydrogens (tertiary/aromatic N) is 2. The predicted molar refractivity (Wildman–Crippen MR) is 140 cm³/mol. The van der Waals surface area contributed by atoms with E-state index in [0.717, 1.165) is 83.6 Å². The quantitative estimate of drug-likeness (QED) is 0.511. The van der Waals surface area contributed by atoms with Crippen LogP contribution in [-0.2, 0) is 15.9 Å². The Morgan fingerprint density at radius 1 is 0.600 bits per heavy atom. The Morgan fingerprint density at radius 3 is 1.29 bits per heavy atom. The first-order valence-electron chi connectivity index (χ1n) is 13.1. The summed E-state index contributed by atoms with van der Waals surface area (Å²) in [6.07, 6.45) is 0.908. The highest BCUT2D eigenvalue weighted by molar-refractivity contribution is 5.47. The smallest absolute Gasteiger partial charge is 0.125 e. The molecule has 0 atom stereocenters. The molecule has 2 aliphatic heterocycles. The van der Waals surface area contributed by atoms with Crippen LogP contribution in [0.15, 0.2) is 24.3 Å². The zero-order valence-corrected chi connectivity index (χ0v) is 22.0. The second-order valence-electron chi connectivity index (χ2n) is 9.90. The van der Waals surface area contributed by atoms with Gasteiger partial charge in [-0.05, 0) is 67.5 Å². The number of morpholine rings is 2. The summed E-state index contributed by atoms with van der Waals surface area (Å²) in [6, 6.07) is 9.09. The summed E-state index contributed by atoms with van der Waals surface area (Å²) in [5.74, 6) is 2.05. The Labute approximate surface area is 211 Å². The third-order valence-corrected chi connectivity index (χ3v) is 6.96. The molecule has 0 aliphatic carbocycles. The van der Waals surface area contributed by atoms with Crippen molar-refractivity contribution in [2.24, 2.45) is 0 Å². The van der Waals surface area contributed by atoms with E-state index >= 15 is 0 Å². The van der Waals surface area contributed by atoms with E-state index in [1.54, 1.807) is 0 Å². The van der Waals surface area contributed by atoms with Gasteiger partial charge in [0.05, 0.1) is 26.4 Å². The van der Waals surface area contributed by atoms with Gasteiger partial charge in [0.25, 0.3) is 0 Å². The van der Waals surface area contributed by atoms with Crippen molar-refractivity contribution in [2.45, 2.75) is 34.1 Å². The summed E-state index contributed by atoms with van der Waals surface area (Å²) in [5, 5.41) is 0. The number of aryl methyl sites for hydroxylation is 4. The highest BCUT2D eigenvalue weighted by atomic mass is 16.5. The molecule has 6 heteroatoms. The van der Waals surface area contributed by atoms with Crippen molar-refractivity contribution in [2.75, 3.05) is 78.9 Å². The van der Waals surface area contributed by atoms with Gasteiger partial charge in [0.2, 0.25) is 0 Å². The van der Waals surface area contributed by atoms with Crippen LogP contribution >= 0.6 is 0 Å². The lowest BCUT2D eigenvalue weighted by Crippen LogP contribution is -2.38. The summed E-state index contributed by atoms with van der Waals surface area (Å²) < 4.78 is 23.3. The highest BCUT2D eigenvalue weighted by Gasteiger charge is 2.14. The van der Waals surface area contributed by atoms with E-state index in [1.807, 2.05) is 0 Å². The molecule has 2 fully saturated rings. The summed E-state index contributed by atoms with van der Waals surface area (Å²) >= 11 is 0. The summed E-state index contributed by atoms with van der Waals surface area (Å²) in [6.45, 7) is 19.2. The molecule has 0 radical (unpaired) electrons. The van der Waals surface area contributed by atoms with Gasteiger partial charge in [0.1, 0.15) is 24.7 Å². The fourth-order valence-corrected chi connectivity index (χ4v) is 5.18. The molecular weight excluding hydrogens is 440 g/mol. The van der Waals surface area contributed by atoms with Crippen molar-refractivity contribution in [1.29, 1.82) is 0 Å². The molecule has 4 rings (SSSR count). The average Bonchev–Trinajstić information content (AvgIpc) is 2.84. The monoisotopic (exact) mass is 482 g/mol. The van der Waals surface area contributed by atoms with Gasteiger partial charge in [-0.3, -0.25) is 9.80 Å². The SMILES string of the molecule is Cc1cc(Cc2cc(C)c(OCCN3CCOCC3)c(C)c2)cc(C)c1OCCN1CCOCC1. The Bertz CT molecular complexity index is 842. The zero-order chi connectivity index (χ0) is 24.6. The normalized spacial score (nSPS) is 17.5. The number of rotatable bonds is 10. The van der Waals surface area contributed by atoms with Crippen molar-refractivity contribution < 1.29 is 18.9 Å². The summed E-state index contributed by atoms with van der Waals surface area (Å²) in [7, 11) is 0. The molecule has 2 aromatic rings. The van der Waals surface area contributed by atoms with E-state index in [1.165, 1.54) is 33.4 Å². The average molecular weight is 483 g/mol. The molecule has 2 saturated heterocycles. The first kappa shape index (κ1) is 26.0. The van der Waals surface area contributed by atoms with Crippen LogP contribution in [0.4, 0.5) is 0 Å². The van der Waals surface area contributed by atoms with E-state index in [4.69, 9.17) is 18.9 Å². The number of benzene rings is 2. The first-order valence-corrected chi connectivity index (χ1v) is 13.1. The van der Waals surface area contributed by atoms with E-state index < -0.39 is 0 Å². The van der Waals surface area contributed by atoms with Crippen molar-refractivity contribution in [3.63, 3.8) is 0 Å². The predicted octanol–water partition coefficient (Wildman–Crippen LogP) is 3.93. The Morgan fingerprint density at radius 2 is 0.943 bits per heavy atom. The van der Waals surface area contributed by atoms with Crippen LogP contribution in [0.5, 0.6) is 11.5 Å². The summed E-state index contributed by atoms with van der Waals surface area (Å²) in [5.41, 5.74) is 7.47. The van der Waals surface area contributed by atoms with Gasteiger partial charge in [-0.1, -0.05) is 24.3 Å². The van der Waals surface area contributed by atoms with E-state index in [9.17, 15) is 0 Å². The topological polar surface area (TPSA) is 43.4 Å². The molecule has 0 amide bonds. The molecule has 6 nitrogen and oxygen atoms in total. The van der Waals surface area contributed by atoms with Crippen LogP contribution in [0.1, 0.15) is 33.4 Å². The van der Waals surface area contributed by atoms with Gasteiger partial charge in [0.15, 0.2) is 0 Å². The van der Waals surface area contributed by atoms with Crippen molar-refractivity contribution in [1.82, 2.24) is 9.80 Å². The third-order valence-electron chi connectivity index (χ3n) is 6.96. The lowest BCUT2D eigenvalue weighted by molar-refractivity contribution is 0.0321. The fourth-order valence-electron chi connectivity index (χ4n) is 5.18.